The summed E-state index contributed by atoms with van der Waals surface area (Å²) in [5.74, 6) is 0.567. The van der Waals surface area contributed by atoms with Crippen LogP contribution in [0.3, 0.4) is 0 Å². The van der Waals surface area contributed by atoms with Gasteiger partial charge >= 0.3 is 0 Å². The molecule has 2 aromatic rings. The van der Waals surface area contributed by atoms with Crippen LogP contribution in [0, 0.1) is 5.82 Å². The predicted molar refractivity (Wildman–Crippen MR) is 102 cm³/mol. The highest BCUT2D eigenvalue weighted by Crippen LogP contribution is 2.22. The van der Waals surface area contributed by atoms with Gasteiger partial charge in [-0.3, -0.25) is 4.90 Å². The van der Waals surface area contributed by atoms with E-state index >= 15 is 0 Å². The molecular formula is C21H27FN2O2. The molecule has 2 aromatic carbocycles. The number of anilines is 1. The van der Waals surface area contributed by atoms with E-state index in [0.717, 1.165) is 56.1 Å². The molecule has 0 saturated carbocycles. The normalized spacial score (nSPS) is 15.7. The topological polar surface area (TPSA) is 35.9 Å². The molecule has 1 heterocycles. The molecule has 0 atom stereocenters. The van der Waals surface area contributed by atoms with Crippen molar-refractivity contribution in [2.75, 3.05) is 37.7 Å². The average molecular weight is 358 g/mol. The van der Waals surface area contributed by atoms with Crippen LogP contribution in [0.1, 0.15) is 24.5 Å². The minimum atomic E-state index is -0.194. The Labute approximate surface area is 154 Å². The van der Waals surface area contributed by atoms with Gasteiger partial charge in [0.15, 0.2) is 0 Å². The van der Waals surface area contributed by atoms with E-state index < -0.39 is 0 Å². The van der Waals surface area contributed by atoms with Crippen molar-refractivity contribution in [2.24, 2.45) is 0 Å². The highest BCUT2D eigenvalue weighted by Gasteiger charge is 2.16. The molecule has 0 aliphatic carbocycles. The zero-order chi connectivity index (χ0) is 18.4. The number of benzene rings is 2. The molecule has 140 valence electrons. The molecular weight excluding hydrogens is 331 g/mol. The molecule has 0 spiro atoms. The Kier molecular flexibility index (Phi) is 6.47. The van der Waals surface area contributed by atoms with Crippen LogP contribution in [0.2, 0.25) is 0 Å². The molecule has 1 aliphatic rings. The first kappa shape index (κ1) is 18.7. The van der Waals surface area contributed by atoms with Crippen LogP contribution in [-0.4, -0.2) is 42.8 Å². The molecule has 1 fully saturated rings. The number of aliphatic hydroxyl groups excluding tert-OH is 1. The van der Waals surface area contributed by atoms with E-state index in [0.29, 0.717) is 6.61 Å². The molecule has 0 unspecified atom stereocenters. The van der Waals surface area contributed by atoms with Gasteiger partial charge < -0.3 is 14.7 Å². The molecule has 1 N–H and O–H groups in total. The van der Waals surface area contributed by atoms with Crippen LogP contribution < -0.4 is 9.64 Å². The van der Waals surface area contributed by atoms with Crippen molar-refractivity contribution >= 4 is 5.69 Å². The summed E-state index contributed by atoms with van der Waals surface area (Å²) in [5, 5.41) is 9.57. The quantitative estimate of drug-likeness (QED) is 0.858. The summed E-state index contributed by atoms with van der Waals surface area (Å²) >= 11 is 0. The number of hydrogen-bond donors (Lipinski definition) is 1. The summed E-state index contributed by atoms with van der Waals surface area (Å²) in [6, 6.07) is 12.8. The van der Waals surface area contributed by atoms with Crippen molar-refractivity contribution in [3.05, 3.63) is 59.4 Å². The lowest BCUT2D eigenvalue weighted by molar-refractivity contribution is 0.265. The maximum atomic E-state index is 13.1. The number of aliphatic hydroxyl groups is 1. The second-order valence-corrected chi connectivity index (χ2v) is 6.63. The van der Waals surface area contributed by atoms with Crippen LogP contribution in [0.5, 0.6) is 5.75 Å². The van der Waals surface area contributed by atoms with Crippen LogP contribution in [-0.2, 0) is 13.2 Å². The first-order valence-electron chi connectivity index (χ1n) is 9.28. The van der Waals surface area contributed by atoms with Crippen LogP contribution >= 0.6 is 0 Å². The van der Waals surface area contributed by atoms with E-state index in [9.17, 15) is 9.50 Å². The summed E-state index contributed by atoms with van der Waals surface area (Å²) in [4.78, 5) is 4.75. The zero-order valence-corrected chi connectivity index (χ0v) is 15.3. The molecule has 4 nitrogen and oxygen atoms in total. The van der Waals surface area contributed by atoms with Crippen LogP contribution in [0.4, 0.5) is 10.1 Å². The smallest absolute Gasteiger partial charge is 0.124 e. The van der Waals surface area contributed by atoms with E-state index in [1.165, 1.54) is 17.7 Å². The van der Waals surface area contributed by atoms with Gasteiger partial charge in [-0.25, -0.2) is 4.39 Å². The maximum Gasteiger partial charge on any atom is 0.124 e. The molecule has 26 heavy (non-hydrogen) atoms. The largest absolute Gasteiger partial charge is 0.494 e. The second-order valence-electron chi connectivity index (χ2n) is 6.63. The fourth-order valence-electron chi connectivity index (χ4n) is 3.45. The Morgan fingerprint density at radius 3 is 2.58 bits per heavy atom. The fourth-order valence-corrected chi connectivity index (χ4v) is 3.45. The maximum absolute atomic E-state index is 13.1. The SMILES string of the molecule is CCOc1ccc(CN2CCCN(c3ccc(F)cc3)CC2)cc1CO. The minimum absolute atomic E-state index is 0.0124. The summed E-state index contributed by atoms with van der Waals surface area (Å²) in [7, 11) is 0. The monoisotopic (exact) mass is 358 g/mol. The third-order valence-corrected chi connectivity index (χ3v) is 4.78. The van der Waals surface area contributed by atoms with Gasteiger partial charge in [0.1, 0.15) is 11.6 Å². The van der Waals surface area contributed by atoms with E-state index in [4.69, 9.17) is 4.74 Å². The standard InChI is InChI=1S/C21H27FN2O2/c1-2-26-21-9-4-17(14-18(21)16-25)15-23-10-3-11-24(13-12-23)20-7-5-19(22)6-8-20/h4-9,14,25H,2-3,10-13,15-16H2,1H3. The Hall–Kier alpha value is -2.11. The minimum Gasteiger partial charge on any atom is -0.494 e. The van der Waals surface area contributed by atoms with Crippen molar-refractivity contribution in [2.45, 2.75) is 26.5 Å². The van der Waals surface area contributed by atoms with Crippen molar-refractivity contribution in [3.63, 3.8) is 0 Å². The lowest BCUT2D eigenvalue weighted by atomic mass is 10.1. The van der Waals surface area contributed by atoms with Gasteiger partial charge in [-0.15, -0.1) is 0 Å². The summed E-state index contributed by atoms with van der Waals surface area (Å²) < 4.78 is 18.7. The number of nitrogens with zero attached hydrogens (tertiary/aromatic N) is 2. The van der Waals surface area contributed by atoms with Gasteiger partial charge in [-0.05, 0) is 55.3 Å². The zero-order valence-electron chi connectivity index (χ0n) is 15.3. The molecule has 3 rings (SSSR count). The van der Waals surface area contributed by atoms with E-state index in [-0.39, 0.29) is 12.4 Å². The van der Waals surface area contributed by atoms with Crippen molar-refractivity contribution in [3.8, 4) is 5.75 Å². The predicted octanol–water partition coefficient (Wildman–Crippen LogP) is 3.43. The van der Waals surface area contributed by atoms with E-state index in [1.807, 2.05) is 31.2 Å². The molecule has 0 bridgehead atoms. The molecule has 0 amide bonds. The van der Waals surface area contributed by atoms with Crippen LogP contribution in [0.25, 0.3) is 0 Å². The summed E-state index contributed by atoms with van der Waals surface area (Å²) in [5.41, 5.74) is 3.11. The number of hydrogen-bond acceptors (Lipinski definition) is 4. The number of halogens is 1. The second kappa shape index (κ2) is 9.01. The van der Waals surface area contributed by atoms with E-state index in [2.05, 4.69) is 15.9 Å². The Morgan fingerprint density at radius 2 is 1.85 bits per heavy atom. The highest BCUT2D eigenvalue weighted by molar-refractivity contribution is 5.46. The average Bonchev–Trinajstić information content (AvgIpc) is 2.89. The Balaban J connectivity index is 1.62. The van der Waals surface area contributed by atoms with Gasteiger partial charge in [0.05, 0.1) is 13.2 Å². The highest BCUT2D eigenvalue weighted by atomic mass is 19.1. The third-order valence-electron chi connectivity index (χ3n) is 4.78. The van der Waals surface area contributed by atoms with E-state index in [1.54, 1.807) is 0 Å². The van der Waals surface area contributed by atoms with Gasteiger partial charge in [0.25, 0.3) is 0 Å². The molecule has 0 radical (unpaired) electrons. The molecule has 0 aromatic heterocycles. The molecule has 1 saturated heterocycles. The lowest BCUT2D eigenvalue weighted by Crippen LogP contribution is -2.30. The van der Waals surface area contributed by atoms with Gasteiger partial charge in [-0.1, -0.05) is 6.07 Å². The fraction of sp³-hybridized carbons (Fsp3) is 0.429. The Morgan fingerprint density at radius 1 is 1.04 bits per heavy atom. The van der Waals surface area contributed by atoms with Crippen molar-refractivity contribution < 1.29 is 14.2 Å². The van der Waals surface area contributed by atoms with Gasteiger partial charge in [-0.2, -0.15) is 0 Å². The molecule has 5 heteroatoms. The van der Waals surface area contributed by atoms with Crippen LogP contribution in [0.15, 0.2) is 42.5 Å². The summed E-state index contributed by atoms with van der Waals surface area (Å²) in [6.45, 7) is 7.27. The number of ether oxygens (including phenoxy) is 1. The first-order valence-corrected chi connectivity index (χ1v) is 9.28. The number of rotatable bonds is 6. The van der Waals surface area contributed by atoms with Crippen molar-refractivity contribution in [1.29, 1.82) is 0 Å². The lowest BCUT2D eigenvalue weighted by Gasteiger charge is -2.24. The van der Waals surface area contributed by atoms with Gasteiger partial charge in [0.2, 0.25) is 0 Å². The van der Waals surface area contributed by atoms with Crippen molar-refractivity contribution in [1.82, 2.24) is 4.90 Å². The summed E-state index contributed by atoms with van der Waals surface area (Å²) in [6.07, 6.45) is 1.07. The van der Waals surface area contributed by atoms with Gasteiger partial charge in [0, 0.05) is 44.0 Å². The molecule has 1 aliphatic heterocycles. The Bertz CT molecular complexity index is 706. The first-order chi connectivity index (χ1) is 12.7. The third kappa shape index (κ3) is 4.74.